The van der Waals surface area contributed by atoms with Gasteiger partial charge in [-0.1, -0.05) is 98.6 Å². The maximum atomic E-state index is 14.9. The second kappa shape index (κ2) is 10.0. The first-order valence-electron chi connectivity index (χ1n) is 14.6. The zero-order valence-corrected chi connectivity index (χ0v) is 23.7. The Bertz CT molecular complexity index is 1410. The number of rotatable bonds is 5. The standard InChI is InChI=1S/C35H38N2O3/c1-34(2)23-35(3,25-16-8-5-9-17-25)28-20-12-13-21-29(28)37(34)33(40)30(22-24-14-6-4-7-15-24)36-31(38)26-18-10-11-19-27(26)32(36)39/h4-9,12-17,20-21,26-27,30H,10-11,18-19,22-23H2,1-3H3/t26-,27+,30-,35+/m0/s1. The number of para-hydroxylation sites is 1. The van der Waals surface area contributed by atoms with Crippen LogP contribution < -0.4 is 4.90 Å². The zero-order chi connectivity index (χ0) is 28.1. The maximum Gasteiger partial charge on any atom is 0.251 e. The number of likely N-dealkylation sites (tertiary alicyclic amines) is 1. The van der Waals surface area contributed by atoms with Crippen LogP contribution in [0, 0.1) is 11.8 Å². The van der Waals surface area contributed by atoms with Gasteiger partial charge in [-0.25, -0.2) is 0 Å². The van der Waals surface area contributed by atoms with E-state index in [0.717, 1.165) is 42.5 Å². The molecule has 3 aliphatic rings. The second-order valence-corrected chi connectivity index (χ2v) is 12.6. The van der Waals surface area contributed by atoms with Crippen molar-refractivity contribution in [1.82, 2.24) is 4.90 Å². The van der Waals surface area contributed by atoms with Gasteiger partial charge in [-0.05, 0) is 55.9 Å². The fraction of sp³-hybridized carbons (Fsp3) is 0.400. The van der Waals surface area contributed by atoms with Crippen molar-refractivity contribution in [2.24, 2.45) is 11.8 Å². The molecule has 4 atom stereocenters. The molecule has 0 unspecified atom stereocenters. The molecular weight excluding hydrogens is 496 g/mol. The third-order valence-corrected chi connectivity index (χ3v) is 9.51. The normalized spacial score (nSPS) is 26.3. The number of fused-ring (bicyclic) bond motifs is 2. The van der Waals surface area contributed by atoms with Crippen molar-refractivity contribution >= 4 is 23.4 Å². The van der Waals surface area contributed by atoms with Gasteiger partial charge in [0.15, 0.2) is 0 Å². The summed E-state index contributed by atoms with van der Waals surface area (Å²) in [5.74, 6) is -1.11. The van der Waals surface area contributed by atoms with Crippen molar-refractivity contribution in [1.29, 1.82) is 0 Å². The highest BCUT2D eigenvalue weighted by Gasteiger charge is 2.55. The van der Waals surface area contributed by atoms with E-state index in [1.807, 2.05) is 59.5 Å². The van der Waals surface area contributed by atoms with Gasteiger partial charge in [-0.3, -0.25) is 19.3 Å². The zero-order valence-electron chi connectivity index (χ0n) is 23.7. The van der Waals surface area contributed by atoms with Crippen molar-refractivity contribution in [2.75, 3.05) is 4.90 Å². The first-order valence-corrected chi connectivity index (χ1v) is 14.6. The summed E-state index contributed by atoms with van der Waals surface area (Å²) in [6.45, 7) is 6.47. The monoisotopic (exact) mass is 534 g/mol. The number of nitrogens with zero attached hydrogens (tertiary/aromatic N) is 2. The summed E-state index contributed by atoms with van der Waals surface area (Å²) in [5, 5.41) is 0. The molecule has 1 saturated heterocycles. The molecule has 40 heavy (non-hydrogen) atoms. The van der Waals surface area contributed by atoms with Crippen LogP contribution in [0.5, 0.6) is 0 Å². The number of hydrogen-bond donors (Lipinski definition) is 0. The van der Waals surface area contributed by atoms with Crippen LogP contribution in [-0.4, -0.2) is 34.2 Å². The quantitative estimate of drug-likeness (QED) is 0.361. The molecule has 0 radical (unpaired) electrons. The van der Waals surface area contributed by atoms with Crippen LogP contribution in [0.4, 0.5) is 5.69 Å². The van der Waals surface area contributed by atoms with E-state index >= 15 is 0 Å². The molecule has 6 rings (SSSR count). The molecule has 5 nitrogen and oxygen atoms in total. The van der Waals surface area contributed by atoms with Crippen molar-refractivity contribution in [3.05, 3.63) is 102 Å². The first-order chi connectivity index (χ1) is 19.2. The van der Waals surface area contributed by atoms with Crippen molar-refractivity contribution in [2.45, 2.75) is 76.3 Å². The first kappa shape index (κ1) is 26.5. The molecule has 5 heteroatoms. The smallest absolute Gasteiger partial charge is 0.251 e. The number of hydrogen-bond acceptors (Lipinski definition) is 3. The molecule has 0 N–H and O–H groups in total. The average molecular weight is 535 g/mol. The summed E-state index contributed by atoms with van der Waals surface area (Å²) in [5.41, 5.74) is 3.21. The Morgan fingerprint density at radius 1 is 0.800 bits per heavy atom. The number of benzene rings is 3. The number of anilines is 1. The van der Waals surface area contributed by atoms with Crippen molar-refractivity contribution < 1.29 is 14.4 Å². The molecule has 2 fully saturated rings. The fourth-order valence-electron chi connectivity index (χ4n) is 7.75. The van der Waals surface area contributed by atoms with E-state index in [1.54, 1.807) is 0 Å². The minimum atomic E-state index is -0.888. The van der Waals surface area contributed by atoms with Crippen LogP contribution in [-0.2, 0) is 26.2 Å². The third-order valence-electron chi connectivity index (χ3n) is 9.51. The van der Waals surface area contributed by atoms with E-state index in [0.29, 0.717) is 12.8 Å². The van der Waals surface area contributed by atoms with Crippen molar-refractivity contribution in [3.63, 3.8) is 0 Å². The lowest BCUT2D eigenvalue weighted by Gasteiger charge is -2.52. The van der Waals surface area contributed by atoms with Crippen LogP contribution in [0.25, 0.3) is 0 Å². The molecule has 2 heterocycles. The van der Waals surface area contributed by atoms with Gasteiger partial charge in [-0.15, -0.1) is 0 Å². The molecule has 206 valence electrons. The van der Waals surface area contributed by atoms with Gasteiger partial charge in [-0.2, -0.15) is 0 Å². The lowest BCUT2D eigenvalue weighted by Crippen LogP contribution is -2.61. The molecule has 2 aliphatic heterocycles. The number of imide groups is 1. The van der Waals surface area contributed by atoms with E-state index in [4.69, 9.17) is 0 Å². The third kappa shape index (κ3) is 4.27. The van der Waals surface area contributed by atoms with Crippen molar-refractivity contribution in [3.8, 4) is 0 Å². The minimum absolute atomic E-state index is 0.166. The van der Waals surface area contributed by atoms with E-state index in [2.05, 4.69) is 51.1 Å². The summed E-state index contributed by atoms with van der Waals surface area (Å²) in [4.78, 5) is 45.7. The fourth-order valence-corrected chi connectivity index (χ4v) is 7.75. The Morgan fingerprint density at radius 2 is 1.35 bits per heavy atom. The Morgan fingerprint density at radius 3 is 1.98 bits per heavy atom. The van der Waals surface area contributed by atoms with Gasteiger partial charge in [0.05, 0.1) is 11.8 Å². The van der Waals surface area contributed by atoms with Gasteiger partial charge >= 0.3 is 0 Å². The van der Waals surface area contributed by atoms with E-state index < -0.39 is 11.6 Å². The van der Waals surface area contributed by atoms with Gasteiger partial charge in [0.1, 0.15) is 6.04 Å². The number of amides is 3. The van der Waals surface area contributed by atoms with Gasteiger partial charge in [0, 0.05) is 23.1 Å². The van der Waals surface area contributed by atoms with Crippen LogP contribution in [0.1, 0.15) is 69.6 Å². The number of carbonyl (C=O) groups is 3. The van der Waals surface area contributed by atoms with E-state index in [9.17, 15) is 14.4 Å². The number of carbonyl (C=O) groups excluding carboxylic acids is 3. The molecule has 3 aromatic rings. The molecule has 0 bridgehead atoms. The summed E-state index contributed by atoms with van der Waals surface area (Å²) < 4.78 is 0. The Hall–Kier alpha value is -3.73. The predicted octanol–water partition coefficient (Wildman–Crippen LogP) is 6.29. The van der Waals surface area contributed by atoms with E-state index in [-0.39, 0.29) is 35.0 Å². The Balaban J connectivity index is 1.46. The topological polar surface area (TPSA) is 57.7 Å². The molecular formula is C35H38N2O3. The molecule has 1 saturated carbocycles. The molecule has 0 aromatic heterocycles. The van der Waals surface area contributed by atoms with E-state index in [1.165, 1.54) is 10.5 Å². The van der Waals surface area contributed by atoms with Crippen LogP contribution in [0.3, 0.4) is 0 Å². The summed E-state index contributed by atoms with van der Waals surface area (Å²) in [7, 11) is 0. The summed E-state index contributed by atoms with van der Waals surface area (Å²) in [6.07, 6.45) is 4.38. The predicted molar refractivity (Wildman–Crippen MR) is 157 cm³/mol. The van der Waals surface area contributed by atoms with Crippen LogP contribution in [0.2, 0.25) is 0 Å². The molecule has 3 amide bonds. The second-order valence-electron chi connectivity index (χ2n) is 12.6. The highest BCUT2D eigenvalue weighted by molar-refractivity contribution is 6.11. The highest BCUT2D eigenvalue weighted by Crippen LogP contribution is 2.51. The van der Waals surface area contributed by atoms with Crippen LogP contribution >= 0.6 is 0 Å². The van der Waals surface area contributed by atoms with Gasteiger partial charge in [0.2, 0.25) is 11.8 Å². The van der Waals surface area contributed by atoms with Gasteiger partial charge < -0.3 is 4.90 Å². The lowest BCUT2D eigenvalue weighted by atomic mass is 9.65. The van der Waals surface area contributed by atoms with Crippen LogP contribution in [0.15, 0.2) is 84.9 Å². The maximum absolute atomic E-state index is 14.9. The average Bonchev–Trinajstić information content (AvgIpc) is 3.21. The molecule has 0 spiro atoms. The lowest BCUT2D eigenvalue weighted by molar-refractivity contribution is -0.147. The Kier molecular flexibility index (Phi) is 6.64. The summed E-state index contributed by atoms with van der Waals surface area (Å²) in [6, 6.07) is 27.5. The Labute approximate surface area is 237 Å². The molecule has 1 aliphatic carbocycles. The van der Waals surface area contributed by atoms with Gasteiger partial charge in [0.25, 0.3) is 5.91 Å². The SMILES string of the molecule is CC1(C)C[C@](C)(c2ccccc2)c2ccccc2N1C(=O)[C@H](Cc1ccccc1)N1C(=O)[C@H]2CCCC[C@H]2C1=O. The largest absolute Gasteiger partial charge is 0.305 e. The molecule has 3 aromatic carbocycles. The minimum Gasteiger partial charge on any atom is -0.305 e. The highest BCUT2D eigenvalue weighted by atomic mass is 16.2. The summed E-state index contributed by atoms with van der Waals surface area (Å²) >= 11 is 0.